The van der Waals surface area contributed by atoms with Gasteiger partial charge in [-0.25, -0.2) is 12.7 Å². The predicted octanol–water partition coefficient (Wildman–Crippen LogP) is 3.29. The Balaban J connectivity index is 2.80. The number of sulfonamides is 1. The molecule has 0 unspecified atom stereocenters. The van der Waals surface area contributed by atoms with Crippen LogP contribution in [-0.4, -0.2) is 25.8 Å². The standard InChI is InChI=1S/C16H24N2O2S/c1-3-5-11-18(12-6-4-2)21(19,20)14-16-9-7-15(13-17)8-10-16/h7-10H,3-6,11-12,14H2,1-2H3. The quantitative estimate of drug-likeness (QED) is 0.703. The fourth-order valence-electron chi connectivity index (χ4n) is 2.04. The van der Waals surface area contributed by atoms with Crippen molar-refractivity contribution in [1.29, 1.82) is 5.26 Å². The number of benzene rings is 1. The summed E-state index contributed by atoms with van der Waals surface area (Å²) in [5.74, 6) is 0.00609. The molecule has 0 aliphatic heterocycles. The van der Waals surface area contributed by atoms with E-state index in [1.165, 1.54) is 0 Å². The first-order chi connectivity index (χ1) is 10.0. The Hall–Kier alpha value is -1.38. The topological polar surface area (TPSA) is 61.2 Å². The molecular weight excluding hydrogens is 284 g/mol. The average Bonchev–Trinajstić information content (AvgIpc) is 2.47. The molecule has 21 heavy (non-hydrogen) atoms. The van der Waals surface area contributed by atoms with Gasteiger partial charge < -0.3 is 0 Å². The predicted molar refractivity (Wildman–Crippen MR) is 85.2 cm³/mol. The lowest BCUT2D eigenvalue weighted by Gasteiger charge is -2.22. The molecule has 0 atom stereocenters. The fourth-order valence-corrected chi connectivity index (χ4v) is 3.65. The number of nitriles is 1. The van der Waals surface area contributed by atoms with Crippen LogP contribution in [0.4, 0.5) is 0 Å². The van der Waals surface area contributed by atoms with Crippen molar-refractivity contribution in [1.82, 2.24) is 4.31 Å². The minimum absolute atomic E-state index is 0.00609. The summed E-state index contributed by atoms with van der Waals surface area (Å²) in [6.45, 7) is 5.31. The van der Waals surface area contributed by atoms with Crippen LogP contribution in [0.1, 0.15) is 50.7 Å². The van der Waals surface area contributed by atoms with Gasteiger partial charge in [0, 0.05) is 13.1 Å². The van der Waals surface area contributed by atoms with Crippen molar-refractivity contribution < 1.29 is 8.42 Å². The highest BCUT2D eigenvalue weighted by molar-refractivity contribution is 7.88. The lowest BCUT2D eigenvalue weighted by atomic mass is 10.2. The molecule has 0 heterocycles. The highest BCUT2D eigenvalue weighted by Crippen LogP contribution is 2.14. The van der Waals surface area contributed by atoms with Gasteiger partial charge in [0.05, 0.1) is 17.4 Å². The van der Waals surface area contributed by atoms with Crippen LogP contribution < -0.4 is 0 Å². The molecule has 0 aliphatic rings. The minimum atomic E-state index is -3.29. The molecule has 0 saturated heterocycles. The minimum Gasteiger partial charge on any atom is -0.212 e. The molecule has 0 bridgehead atoms. The summed E-state index contributed by atoms with van der Waals surface area (Å²) in [5.41, 5.74) is 1.27. The summed E-state index contributed by atoms with van der Waals surface area (Å²) < 4.78 is 26.7. The Morgan fingerprint density at radius 3 is 2.00 bits per heavy atom. The smallest absolute Gasteiger partial charge is 0.212 e. The molecule has 5 heteroatoms. The Kier molecular flexibility index (Phi) is 7.41. The van der Waals surface area contributed by atoms with E-state index in [1.807, 2.05) is 6.07 Å². The van der Waals surface area contributed by atoms with E-state index in [9.17, 15) is 8.42 Å². The van der Waals surface area contributed by atoms with Gasteiger partial charge in [-0.15, -0.1) is 0 Å². The van der Waals surface area contributed by atoms with Gasteiger partial charge in [-0.1, -0.05) is 38.8 Å². The van der Waals surface area contributed by atoms with Crippen molar-refractivity contribution in [3.05, 3.63) is 35.4 Å². The molecule has 0 saturated carbocycles. The van der Waals surface area contributed by atoms with E-state index in [0.29, 0.717) is 18.7 Å². The van der Waals surface area contributed by atoms with Crippen LogP contribution in [0.3, 0.4) is 0 Å². The summed E-state index contributed by atoms with van der Waals surface area (Å²) >= 11 is 0. The third kappa shape index (κ3) is 5.86. The van der Waals surface area contributed by atoms with Gasteiger partial charge in [0.2, 0.25) is 10.0 Å². The van der Waals surface area contributed by atoms with E-state index >= 15 is 0 Å². The zero-order valence-electron chi connectivity index (χ0n) is 12.9. The monoisotopic (exact) mass is 308 g/mol. The largest absolute Gasteiger partial charge is 0.218 e. The molecule has 0 N–H and O–H groups in total. The highest BCUT2D eigenvalue weighted by atomic mass is 32.2. The second-order valence-electron chi connectivity index (χ2n) is 5.17. The van der Waals surface area contributed by atoms with E-state index in [-0.39, 0.29) is 5.75 Å². The Morgan fingerprint density at radius 2 is 1.57 bits per heavy atom. The van der Waals surface area contributed by atoms with Crippen molar-refractivity contribution in [2.24, 2.45) is 0 Å². The van der Waals surface area contributed by atoms with Crippen LogP contribution in [0.2, 0.25) is 0 Å². The third-order valence-electron chi connectivity index (χ3n) is 3.35. The lowest BCUT2D eigenvalue weighted by molar-refractivity contribution is 0.394. The van der Waals surface area contributed by atoms with Crippen molar-refractivity contribution >= 4 is 10.0 Å². The second-order valence-corrected chi connectivity index (χ2v) is 7.14. The summed E-state index contributed by atoms with van der Waals surface area (Å²) in [6, 6.07) is 8.79. The van der Waals surface area contributed by atoms with Gasteiger partial charge in [0.25, 0.3) is 0 Å². The van der Waals surface area contributed by atoms with Gasteiger partial charge in [-0.2, -0.15) is 5.26 Å². The number of unbranched alkanes of at least 4 members (excludes halogenated alkanes) is 2. The maximum absolute atomic E-state index is 12.5. The molecule has 0 aliphatic carbocycles. The highest BCUT2D eigenvalue weighted by Gasteiger charge is 2.21. The average molecular weight is 308 g/mol. The molecule has 0 aromatic heterocycles. The van der Waals surface area contributed by atoms with E-state index in [1.54, 1.807) is 28.6 Å². The molecule has 4 nitrogen and oxygen atoms in total. The van der Waals surface area contributed by atoms with Gasteiger partial charge in [0.15, 0.2) is 0 Å². The molecule has 1 aromatic carbocycles. The first-order valence-corrected chi connectivity index (χ1v) is 9.11. The maximum Gasteiger partial charge on any atom is 0.218 e. The van der Waals surface area contributed by atoms with Crippen LogP contribution in [0.25, 0.3) is 0 Å². The van der Waals surface area contributed by atoms with Crippen LogP contribution in [0.5, 0.6) is 0 Å². The maximum atomic E-state index is 12.5. The molecule has 0 spiro atoms. The Bertz CT molecular complexity index is 551. The van der Waals surface area contributed by atoms with Crippen molar-refractivity contribution in [3.8, 4) is 6.07 Å². The van der Waals surface area contributed by atoms with Gasteiger partial charge >= 0.3 is 0 Å². The number of hydrogen-bond donors (Lipinski definition) is 0. The van der Waals surface area contributed by atoms with Crippen LogP contribution in [0, 0.1) is 11.3 Å². The van der Waals surface area contributed by atoms with Gasteiger partial charge in [-0.3, -0.25) is 0 Å². The lowest BCUT2D eigenvalue weighted by Crippen LogP contribution is -2.34. The van der Waals surface area contributed by atoms with Crippen LogP contribution in [-0.2, 0) is 15.8 Å². The number of nitrogens with zero attached hydrogens (tertiary/aromatic N) is 2. The first kappa shape index (κ1) is 17.7. The molecule has 0 radical (unpaired) electrons. The first-order valence-electron chi connectivity index (χ1n) is 7.50. The molecule has 1 rings (SSSR count). The number of hydrogen-bond acceptors (Lipinski definition) is 3. The van der Waals surface area contributed by atoms with E-state index in [4.69, 9.17) is 5.26 Å². The van der Waals surface area contributed by atoms with Crippen LogP contribution >= 0.6 is 0 Å². The summed E-state index contributed by atoms with van der Waals surface area (Å²) in [4.78, 5) is 0. The van der Waals surface area contributed by atoms with Gasteiger partial charge in [-0.05, 0) is 30.5 Å². The summed E-state index contributed by atoms with van der Waals surface area (Å²) in [5, 5.41) is 8.77. The summed E-state index contributed by atoms with van der Waals surface area (Å²) in [6.07, 6.45) is 3.73. The third-order valence-corrected chi connectivity index (χ3v) is 5.20. The Morgan fingerprint density at radius 1 is 1.05 bits per heavy atom. The van der Waals surface area contributed by atoms with E-state index < -0.39 is 10.0 Å². The van der Waals surface area contributed by atoms with Crippen molar-refractivity contribution in [2.45, 2.75) is 45.3 Å². The van der Waals surface area contributed by atoms with Crippen molar-refractivity contribution in [2.75, 3.05) is 13.1 Å². The molecular formula is C16H24N2O2S. The van der Waals surface area contributed by atoms with Gasteiger partial charge in [0.1, 0.15) is 0 Å². The normalized spacial score (nSPS) is 11.5. The molecule has 1 aromatic rings. The van der Waals surface area contributed by atoms with E-state index in [2.05, 4.69) is 13.8 Å². The SMILES string of the molecule is CCCCN(CCCC)S(=O)(=O)Cc1ccc(C#N)cc1. The molecule has 0 amide bonds. The summed E-state index contributed by atoms with van der Waals surface area (Å²) in [7, 11) is -3.29. The zero-order chi connectivity index (χ0) is 15.7. The second kappa shape index (κ2) is 8.81. The molecule has 0 fully saturated rings. The van der Waals surface area contributed by atoms with Crippen LogP contribution in [0.15, 0.2) is 24.3 Å². The Labute approximate surface area is 128 Å². The number of rotatable bonds is 9. The van der Waals surface area contributed by atoms with Crippen molar-refractivity contribution in [3.63, 3.8) is 0 Å². The zero-order valence-corrected chi connectivity index (χ0v) is 13.7. The fraction of sp³-hybridized carbons (Fsp3) is 0.562. The molecule has 116 valence electrons. The van der Waals surface area contributed by atoms with E-state index in [0.717, 1.165) is 31.2 Å².